The van der Waals surface area contributed by atoms with E-state index >= 15 is 0 Å². The molecule has 0 saturated carbocycles. The molecule has 0 fully saturated rings. The standard InChI is InChI=1S/C20H23N3O3S/c1-15-7-8-19(16(2)11-15)27(25,26)22-10-9-20(24)23(3)14-18-6-4-5-17(12-18)13-21/h4-8,11-12,22H,9-10,14H2,1-3H3. The molecule has 1 N–H and O–H groups in total. The fraction of sp³-hybridized carbons (Fsp3) is 0.300. The molecule has 142 valence electrons. The summed E-state index contributed by atoms with van der Waals surface area (Å²) in [5.41, 5.74) is 3.04. The number of carbonyl (C=O) groups excluding carboxylic acids is 1. The SMILES string of the molecule is Cc1ccc(S(=O)(=O)NCCC(=O)N(C)Cc2cccc(C#N)c2)c(C)c1. The number of hydrogen-bond donors (Lipinski definition) is 1. The summed E-state index contributed by atoms with van der Waals surface area (Å²) in [6, 6.07) is 14.2. The van der Waals surface area contributed by atoms with Gasteiger partial charge in [0.15, 0.2) is 0 Å². The summed E-state index contributed by atoms with van der Waals surface area (Å²) in [5.74, 6) is -0.180. The van der Waals surface area contributed by atoms with E-state index in [1.54, 1.807) is 44.3 Å². The number of hydrogen-bond acceptors (Lipinski definition) is 4. The lowest BCUT2D eigenvalue weighted by atomic mass is 10.1. The van der Waals surface area contributed by atoms with Gasteiger partial charge in [0, 0.05) is 26.6 Å². The van der Waals surface area contributed by atoms with Crippen LogP contribution >= 0.6 is 0 Å². The van der Waals surface area contributed by atoms with Gasteiger partial charge in [0.1, 0.15) is 0 Å². The fourth-order valence-electron chi connectivity index (χ4n) is 2.76. The lowest BCUT2D eigenvalue weighted by molar-refractivity contribution is -0.130. The van der Waals surface area contributed by atoms with E-state index in [9.17, 15) is 13.2 Å². The molecule has 0 atom stereocenters. The van der Waals surface area contributed by atoms with Crippen molar-refractivity contribution in [3.63, 3.8) is 0 Å². The Hall–Kier alpha value is -2.69. The first-order chi connectivity index (χ1) is 12.7. The van der Waals surface area contributed by atoms with Crippen LogP contribution in [0.3, 0.4) is 0 Å². The Morgan fingerprint density at radius 1 is 1.19 bits per heavy atom. The maximum absolute atomic E-state index is 12.4. The van der Waals surface area contributed by atoms with Gasteiger partial charge < -0.3 is 4.90 Å². The third-order valence-electron chi connectivity index (χ3n) is 4.15. The van der Waals surface area contributed by atoms with Gasteiger partial charge >= 0.3 is 0 Å². The minimum atomic E-state index is -3.65. The molecule has 0 radical (unpaired) electrons. The van der Waals surface area contributed by atoms with Gasteiger partial charge in [-0.25, -0.2) is 13.1 Å². The van der Waals surface area contributed by atoms with Crippen molar-refractivity contribution < 1.29 is 13.2 Å². The van der Waals surface area contributed by atoms with Crippen LogP contribution in [-0.4, -0.2) is 32.8 Å². The minimum Gasteiger partial charge on any atom is -0.341 e. The molecule has 0 aliphatic rings. The van der Waals surface area contributed by atoms with Gasteiger partial charge in [-0.2, -0.15) is 5.26 Å². The normalized spacial score (nSPS) is 11.0. The molecule has 0 heterocycles. The molecule has 0 saturated heterocycles. The molecule has 0 aromatic heterocycles. The summed E-state index contributed by atoms with van der Waals surface area (Å²) >= 11 is 0. The Labute approximate surface area is 160 Å². The highest BCUT2D eigenvalue weighted by Crippen LogP contribution is 2.16. The van der Waals surface area contributed by atoms with Crippen LogP contribution in [0.4, 0.5) is 0 Å². The van der Waals surface area contributed by atoms with Crippen molar-refractivity contribution in [2.24, 2.45) is 0 Å². The largest absolute Gasteiger partial charge is 0.341 e. The Bertz CT molecular complexity index is 978. The van der Waals surface area contributed by atoms with E-state index in [0.29, 0.717) is 17.7 Å². The average Bonchev–Trinajstić information content (AvgIpc) is 2.61. The zero-order chi connectivity index (χ0) is 20.0. The second-order valence-electron chi connectivity index (χ2n) is 6.48. The van der Waals surface area contributed by atoms with Crippen LogP contribution in [0, 0.1) is 25.2 Å². The summed E-state index contributed by atoms with van der Waals surface area (Å²) in [4.78, 5) is 14.0. The predicted octanol–water partition coefficient (Wildman–Crippen LogP) is 2.50. The topological polar surface area (TPSA) is 90.3 Å². The summed E-state index contributed by atoms with van der Waals surface area (Å²) in [5, 5.41) is 8.93. The monoisotopic (exact) mass is 385 g/mol. The molecule has 0 bridgehead atoms. The first-order valence-electron chi connectivity index (χ1n) is 8.53. The highest BCUT2D eigenvalue weighted by atomic mass is 32.2. The van der Waals surface area contributed by atoms with Crippen molar-refractivity contribution >= 4 is 15.9 Å². The van der Waals surface area contributed by atoms with E-state index in [2.05, 4.69) is 10.8 Å². The molecule has 0 spiro atoms. The van der Waals surface area contributed by atoms with Gasteiger partial charge in [-0.05, 0) is 43.2 Å². The molecular weight excluding hydrogens is 362 g/mol. The number of carbonyl (C=O) groups is 1. The van der Waals surface area contributed by atoms with Gasteiger partial charge in [-0.3, -0.25) is 4.79 Å². The van der Waals surface area contributed by atoms with E-state index in [1.165, 1.54) is 4.90 Å². The second kappa shape index (κ2) is 8.80. The number of benzene rings is 2. The van der Waals surface area contributed by atoms with Crippen molar-refractivity contribution in [1.29, 1.82) is 5.26 Å². The maximum Gasteiger partial charge on any atom is 0.240 e. The number of amides is 1. The van der Waals surface area contributed by atoms with Crippen LogP contribution in [0.25, 0.3) is 0 Å². The van der Waals surface area contributed by atoms with Crippen LogP contribution in [0.5, 0.6) is 0 Å². The molecule has 7 heteroatoms. The summed E-state index contributed by atoms with van der Waals surface area (Å²) < 4.78 is 27.3. The number of aryl methyl sites for hydroxylation is 2. The highest BCUT2D eigenvalue weighted by Gasteiger charge is 2.17. The molecule has 0 unspecified atom stereocenters. The number of nitrogens with zero attached hydrogens (tertiary/aromatic N) is 2. The molecule has 6 nitrogen and oxygen atoms in total. The van der Waals surface area contributed by atoms with Gasteiger partial charge in [-0.1, -0.05) is 29.8 Å². The summed E-state index contributed by atoms with van der Waals surface area (Å²) in [7, 11) is -2.00. The van der Waals surface area contributed by atoms with Crippen molar-refractivity contribution in [2.75, 3.05) is 13.6 Å². The number of nitriles is 1. The molecule has 0 aliphatic heterocycles. The van der Waals surface area contributed by atoms with E-state index in [1.807, 2.05) is 19.1 Å². The average molecular weight is 385 g/mol. The van der Waals surface area contributed by atoms with E-state index in [-0.39, 0.29) is 23.8 Å². The van der Waals surface area contributed by atoms with Crippen LogP contribution in [0.15, 0.2) is 47.4 Å². The smallest absolute Gasteiger partial charge is 0.240 e. The van der Waals surface area contributed by atoms with Gasteiger partial charge in [0.05, 0.1) is 16.5 Å². The Morgan fingerprint density at radius 3 is 2.59 bits per heavy atom. The van der Waals surface area contributed by atoms with E-state index in [0.717, 1.165) is 11.1 Å². The third-order valence-corrected chi connectivity index (χ3v) is 5.77. The number of sulfonamides is 1. The van der Waals surface area contributed by atoms with Crippen LogP contribution < -0.4 is 4.72 Å². The molecule has 0 aliphatic carbocycles. The van der Waals surface area contributed by atoms with Gasteiger partial charge in [-0.15, -0.1) is 0 Å². The van der Waals surface area contributed by atoms with Crippen molar-refractivity contribution in [1.82, 2.24) is 9.62 Å². The summed E-state index contributed by atoms with van der Waals surface area (Å²) in [6.45, 7) is 4.03. The minimum absolute atomic E-state index is 0.0249. The number of rotatable bonds is 7. The second-order valence-corrected chi connectivity index (χ2v) is 8.21. The highest BCUT2D eigenvalue weighted by molar-refractivity contribution is 7.89. The van der Waals surface area contributed by atoms with Crippen molar-refractivity contribution in [3.8, 4) is 6.07 Å². The lowest BCUT2D eigenvalue weighted by Crippen LogP contribution is -2.32. The van der Waals surface area contributed by atoms with Gasteiger partial charge in [0.2, 0.25) is 15.9 Å². The third kappa shape index (κ3) is 5.64. The first-order valence-corrected chi connectivity index (χ1v) is 10.0. The molecule has 1 amide bonds. The van der Waals surface area contributed by atoms with Crippen molar-refractivity contribution in [3.05, 3.63) is 64.7 Å². The van der Waals surface area contributed by atoms with Crippen LogP contribution in [0.1, 0.15) is 28.7 Å². The zero-order valence-electron chi connectivity index (χ0n) is 15.7. The van der Waals surface area contributed by atoms with E-state index in [4.69, 9.17) is 5.26 Å². The Morgan fingerprint density at radius 2 is 1.93 bits per heavy atom. The van der Waals surface area contributed by atoms with E-state index < -0.39 is 10.0 Å². The number of nitrogens with one attached hydrogen (secondary N) is 1. The Balaban J connectivity index is 1.91. The molecule has 2 rings (SSSR count). The van der Waals surface area contributed by atoms with Crippen LogP contribution in [0.2, 0.25) is 0 Å². The van der Waals surface area contributed by atoms with Crippen LogP contribution in [-0.2, 0) is 21.4 Å². The maximum atomic E-state index is 12.4. The summed E-state index contributed by atoms with van der Waals surface area (Å²) in [6.07, 6.45) is 0.0541. The zero-order valence-corrected chi connectivity index (χ0v) is 16.5. The first kappa shape index (κ1) is 20.6. The predicted molar refractivity (Wildman–Crippen MR) is 103 cm³/mol. The fourth-order valence-corrected chi connectivity index (χ4v) is 4.02. The van der Waals surface area contributed by atoms with Crippen molar-refractivity contribution in [2.45, 2.75) is 31.7 Å². The molecule has 27 heavy (non-hydrogen) atoms. The molecular formula is C20H23N3O3S. The molecule has 2 aromatic rings. The van der Waals surface area contributed by atoms with Gasteiger partial charge in [0.25, 0.3) is 0 Å². The molecule has 2 aromatic carbocycles. The lowest BCUT2D eigenvalue weighted by Gasteiger charge is -2.18. The Kier molecular flexibility index (Phi) is 6.72. The quantitative estimate of drug-likeness (QED) is 0.793.